The van der Waals surface area contributed by atoms with Crippen LogP contribution in [0.1, 0.15) is 29.9 Å². The highest BCUT2D eigenvalue weighted by Crippen LogP contribution is 2.41. The first-order valence-corrected chi connectivity index (χ1v) is 6.86. The van der Waals surface area contributed by atoms with Crippen LogP contribution in [0, 0.1) is 0 Å². The summed E-state index contributed by atoms with van der Waals surface area (Å²) in [5, 5.41) is 3.16. The van der Waals surface area contributed by atoms with Crippen LogP contribution in [0.5, 0.6) is 5.75 Å². The second-order valence-electron chi connectivity index (χ2n) is 5.01. The number of para-hydroxylation sites is 2. The Morgan fingerprint density at radius 3 is 2.58 bits per heavy atom. The molecule has 3 rings (SSSR count). The summed E-state index contributed by atoms with van der Waals surface area (Å²) in [4.78, 5) is 0. The van der Waals surface area contributed by atoms with Crippen molar-refractivity contribution in [3.63, 3.8) is 0 Å². The van der Waals surface area contributed by atoms with Gasteiger partial charge in [-0.1, -0.05) is 36.4 Å². The average molecular weight is 253 g/mol. The number of anilines is 1. The van der Waals surface area contributed by atoms with Gasteiger partial charge in [-0.25, -0.2) is 0 Å². The third kappa shape index (κ3) is 2.73. The van der Waals surface area contributed by atoms with Crippen molar-refractivity contribution in [3.05, 3.63) is 59.7 Å². The summed E-state index contributed by atoms with van der Waals surface area (Å²) in [6.45, 7) is 0.644. The Morgan fingerprint density at radius 2 is 1.79 bits per heavy atom. The first-order chi connectivity index (χ1) is 9.38. The molecule has 19 heavy (non-hydrogen) atoms. The van der Waals surface area contributed by atoms with Gasteiger partial charge in [0.05, 0.1) is 5.69 Å². The molecule has 0 bridgehead atoms. The maximum atomic E-state index is 5.97. The van der Waals surface area contributed by atoms with Crippen LogP contribution in [0.25, 0.3) is 0 Å². The van der Waals surface area contributed by atoms with E-state index in [1.807, 2.05) is 31.3 Å². The lowest BCUT2D eigenvalue weighted by atomic mass is 10.0. The zero-order valence-electron chi connectivity index (χ0n) is 11.2. The van der Waals surface area contributed by atoms with Gasteiger partial charge in [-0.2, -0.15) is 0 Å². The number of nitrogens with one attached hydrogen (secondary N) is 1. The van der Waals surface area contributed by atoms with Gasteiger partial charge in [-0.05, 0) is 42.0 Å². The molecule has 0 radical (unpaired) electrons. The first-order valence-electron chi connectivity index (χ1n) is 6.86. The van der Waals surface area contributed by atoms with Crippen LogP contribution in [0.3, 0.4) is 0 Å². The standard InChI is InChI=1S/C17H19NO/c1-18-16-8-4-5-9-17(16)19-12-14-6-2-3-7-15(14)13-10-11-13/h2-9,13,18H,10-12H2,1H3. The van der Waals surface area contributed by atoms with Crippen molar-refractivity contribution in [2.45, 2.75) is 25.4 Å². The van der Waals surface area contributed by atoms with Crippen LogP contribution >= 0.6 is 0 Å². The third-order valence-corrected chi connectivity index (χ3v) is 3.61. The van der Waals surface area contributed by atoms with Crippen LogP contribution in [0.2, 0.25) is 0 Å². The van der Waals surface area contributed by atoms with E-state index in [0.717, 1.165) is 17.4 Å². The molecule has 0 heterocycles. The average Bonchev–Trinajstić information content (AvgIpc) is 3.30. The Bertz CT molecular complexity index is 561. The van der Waals surface area contributed by atoms with E-state index in [0.29, 0.717) is 6.61 Å². The smallest absolute Gasteiger partial charge is 0.142 e. The molecule has 1 N–H and O–H groups in total. The van der Waals surface area contributed by atoms with Crippen LogP contribution < -0.4 is 10.1 Å². The maximum absolute atomic E-state index is 5.97. The zero-order chi connectivity index (χ0) is 13.1. The van der Waals surface area contributed by atoms with Crippen molar-refractivity contribution in [2.24, 2.45) is 0 Å². The highest BCUT2D eigenvalue weighted by molar-refractivity contribution is 5.55. The SMILES string of the molecule is CNc1ccccc1OCc1ccccc1C1CC1. The summed E-state index contributed by atoms with van der Waals surface area (Å²) >= 11 is 0. The molecule has 0 spiro atoms. The topological polar surface area (TPSA) is 21.3 Å². The van der Waals surface area contributed by atoms with Gasteiger partial charge < -0.3 is 10.1 Å². The van der Waals surface area contributed by atoms with Crippen LogP contribution in [-0.4, -0.2) is 7.05 Å². The van der Waals surface area contributed by atoms with E-state index in [2.05, 4.69) is 29.6 Å². The molecule has 1 saturated carbocycles. The second-order valence-corrected chi connectivity index (χ2v) is 5.01. The van der Waals surface area contributed by atoms with Gasteiger partial charge in [0.2, 0.25) is 0 Å². The van der Waals surface area contributed by atoms with E-state index in [1.165, 1.54) is 24.0 Å². The Morgan fingerprint density at radius 1 is 1.05 bits per heavy atom. The van der Waals surface area contributed by atoms with Crippen molar-refractivity contribution in [3.8, 4) is 5.75 Å². The minimum atomic E-state index is 0.644. The highest BCUT2D eigenvalue weighted by atomic mass is 16.5. The lowest BCUT2D eigenvalue weighted by Crippen LogP contribution is -2.01. The first kappa shape index (κ1) is 12.1. The molecule has 2 aromatic rings. The Balaban J connectivity index is 1.75. The van der Waals surface area contributed by atoms with E-state index in [9.17, 15) is 0 Å². The van der Waals surface area contributed by atoms with Gasteiger partial charge in [0, 0.05) is 7.05 Å². The van der Waals surface area contributed by atoms with Crippen molar-refractivity contribution >= 4 is 5.69 Å². The summed E-state index contributed by atoms with van der Waals surface area (Å²) in [6, 6.07) is 16.7. The van der Waals surface area contributed by atoms with E-state index < -0.39 is 0 Å². The van der Waals surface area contributed by atoms with E-state index >= 15 is 0 Å². The van der Waals surface area contributed by atoms with Crippen molar-refractivity contribution in [2.75, 3.05) is 12.4 Å². The molecule has 0 saturated heterocycles. The van der Waals surface area contributed by atoms with Gasteiger partial charge in [-0.15, -0.1) is 0 Å². The quantitative estimate of drug-likeness (QED) is 0.863. The molecule has 0 unspecified atom stereocenters. The highest BCUT2D eigenvalue weighted by Gasteiger charge is 2.25. The Kier molecular flexibility index (Phi) is 3.41. The van der Waals surface area contributed by atoms with Gasteiger partial charge in [0.25, 0.3) is 0 Å². The van der Waals surface area contributed by atoms with Crippen molar-refractivity contribution < 1.29 is 4.74 Å². The van der Waals surface area contributed by atoms with Crippen LogP contribution in [0.15, 0.2) is 48.5 Å². The Hall–Kier alpha value is -1.96. The van der Waals surface area contributed by atoms with E-state index in [4.69, 9.17) is 4.74 Å². The summed E-state index contributed by atoms with van der Waals surface area (Å²) < 4.78 is 5.97. The molecule has 98 valence electrons. The Labute approximate surface area is 114 Å². The lowest BCUT2D eigenvalue weighted by Gasteiger charge is -2.13. The van der Waals surface area contributed by atoms with Gasteiger partial charge in [0.15, 0.2) is 0 Å². The summed E-state index contributed by atoms with van der Waals surface area (Å²) in [7, 11) is 1.92. The molecule has 1 fully saturated rings. The molecule has 1 aliphatic rings. The fraction of sp³-hybridized carbons (Fsp3) is 0.294. The fourth-order valence-electron chi connectivity index (χ4n) is 2.41. The fourth-order valence-corrected chi connectivity index (χ4v) is 2.41. The minimum absolute atomic E-state index is 0.644. The molecular formula is C17H19NO. The van der Waals surface area contributed by atoms with Crippen molar-refractivity contribution in [1.29, 1.82) is 0 Å². The van der Waals surface area contributed by atoms with E-state index in [1.54, 1.807) is 0 Å². The molecule has 0 aromatic heterocycles. The number of benzene rings is 2. The summed E-state index contributed by atoms with van der Waals surface area (Å²) in [6.07, 6.45) is 2.65. The molecule has 0 amide bonds. The molecule has 2 aromatic carbocycles. The number of ether oxygens (including phenoxy) is 1. The lowest BCUT2D eigenvalue weighted by molar-refractivity contribution is 0.306. The molecule has 2 nitrogen and oxygen atoms in total. The number of hydrogen-bond donors (Lipinski definition) is 1. The normalized spacial score (nSPS) is 14.2. The predicted molar refractivity (Wildman–Crippen MR) is 78.7 cm³/mol. The van der Waals surface area contributed by atoms with Crippen molar-refractivity contribution in [1.82, 2.24) is 0 Å². The molecular weight excluding hydrogens is 234 g/mol. The number of rotatable bonds is 5. The zero-order valence-corrected chi connectivity index (χ0v) is 11.2. The minimum Gasteiger partial charge on any atom is -0.487 e. The van der Waals surface area contributed by atoms with Crippen LogP contribution in [-0.2, 0) is 6.61 Å². The molecule has 0 atom stereocenters. The van der Waals surface area contributed by atoms with Gasteiger partial charge in [0.1, 0.15) is 12.4 Å². The molecule has 2 heteroatoms. The molecule has 1 aliphatic carbocycles. The molecule has 0 aliphatic heterocycles. The van der Waals surface area contributed by atoms with E-state index in [-0.39, 0.29) is 0 Å². The number of hydrogen-bond acceptors (Lipinski definition) is 2. The van der Waals surface area contributed by atoms with Gasteiger partial charge in [-0.3, -0.25) is 0 Å². The summed E-state index contributed by atoms with van der Waals surface area (Å²) in [5.74, 6) is 1.68. The second kappa shape index (κ2) is 5.35. The summed E-state index contributed by atoms with van der Waals surface area (Å²) in [5.41, 5.74) is 3.81. The monoisotopic (exact) mass is 253 g/mol. The van der Waals surface area contributed by atoms with Gasteiger partial charge >= 0.3 is 0 Å². The largest absolute Gasteiger partial charge is 0.487 e. The van der Waals surface area contributed by atoms with Crippen LogP contribution in [0.4, 0.5) is 5.69 Å². The third-order valence-electron chi connectivity index (χ3n) is 3.61. The maximum Gasteiger partial charge on any atom is 0.142 e. The predicted octanol–water partition coefficient (Wildman–Crippen LogP) is 4.18.